The lowest BCUT2D eigenvalue weighted by molar-refractivity contribution is 0.748. The second-order valence-electron chi connectivity index (χ2n) is 3.34. The molecule has 0 aliphatic heterocycles. The molecule has 2 aromatic heterocycles. The Morgan fingerprint density at radius 1 is 1.50 bits per heavy atom. The van der Waals surface area contributed by atoms with Crippen molar-refractivity contribution in [3.05, 3.63) is 22.4 Å². The van der Waals surface area contributed by atoms with Crippen LogP contribution in [0.3, 0.4) is 0 Å². The van der Waals surface area contributed by atoms with Gasteiger partial charge in [0.05, 0.1) is 0 Å². The summed E-state index contributed by atoms with van der Waals surface area (Å²) in [5.41, 5.74) is 0. The van der Waals surface area contributed by atoms with Crippen LogP contribution in [0.25, 0.3) is 10.2 Å². The second kappa shape index (κ2) is 3.83. The van der Waals surface area contributed by atoms with Gasteiger partial charge in [-0.15, -0.1) is 11.3 Å². The van der Waals surface area contributed by atoms with Gasteiger partial charge in [0, 0.05) is 10.3 Å². The Kier molecular flexibility index (Phi) is 2.70. The molecule has 0 saturated heterocycles. The van der Waals surface area contributed by atoms with Crippen LogP contribution in [0.4, 0.5) is 0 Å². The Labute approximate surface area is 92.0 Å². The number of fused-ring (bicyclic) bond motifs is 1. The predicted octanol–water partition coefficient (Wildman–Crippen LogP) is 3.86. The molecular formula is C10H11ClN2S. The zero-order chi connectivity index (χ0) is 10.1. The van der Waals surface area contributed by atoms with E-state index in [0.29, 0.717) is 11.1 Å². The molecule has 0 N–H and O–H groups in total. The van der Waals surface area contributed by atoms with Crippen LogP contribution in [0, 0.1) is 0 Å². The molecular weight excluding hydrogens is 216 g/mol. The van der Waals surface area contributed by atoms with E-state index < -0.39 is 0 Å². The molecule has 1 unspecified atom stereocenters. The van der Waals surface area contributed by atoms with Crippen molar-refractivity contribution >= 4 is 33.2 Å². The second-order valence-corrected chi connectivity index (χ2v) is 4.76. The van der Waals surface area contributed by atoms with E-state index in [9.17, 15) is 0 Å². The number of thiophene rings is 1. The van der Waals surface area contributed by atoms with Crippen LogP contribution in [-0.2, 0) is 0 Å². The van der Waals surface area contributed by atoms with E-state index in [2.05, 4.69) is 29.9 Å². The molecule has 2 rings (SSSR count). The highest BCUT2D eigenvalue weighted by Crippen LogP contribution is 2.33. The highest BCUT2D eigenvalue weighted by Gasteiger charge is 2.10. The molecule has 74 valence electrons. The first-order chi connectivity index (χ1) is 6.72. The predicted molar refractivity (Wildman–Crippen MR) is 61.1 cm³/mol. The maximum Gasteiger partial charge on any atom is 0.141 e. The van der Waals surface area contributed by atoms with Crippen molar-refractivity contribution in [2.75, 3.05) is 0 Å². The standard InChI is InChI=1S/C10H11ClN2S/c1-3-6(2)8-4-7-9(11)12-5-13-10(7)14-8/h4-6H,3H2,1-2H3. The molecule has 2 heterocycles. The minimum absolute atomic E-state index is 0.556. The summed E-state index contributed by atoms with van der Waals surface area (Å²) in [6.45, 7) is 4.40. The molecule has 2 nitrogen and oxygen atoms in total. The Balaban J connectivity index is 2.56. The van der Waals surface area contributed by atoms with Gasteiger partial charge in [0.15, 0.2) is 0 Å². The number of aromatic nitrogens is 2. The minimum atomic E-state index is 0.556. The summed E-state index contributed by atoms with van der Waals surface area (Å²) < 4.78 is 0. The average Bonchev–Trinajstić information content (AvgIpc) is 2.62. The van der Waals surface area contributed by atoms with Crippen LogP contribution in [0.5, 0.6) is 0 Å². The van der Waals surface area contributed by atoms with Crippen molar-refractivity contribution in [2.45, 2.75) is 26.2 Å². The maximum atomic E-state index is 5.97. The fourth-order valence-corrected chi connectivity index (χ4v) is 2.67. The number of rotatable bonds is 2. The molecule has 1 atom stereocenters. The molecule has 0 aliphatic carbocycles. The quantitative estimate of drug-likeness (QED) is 0.727. The van der Waals surface area contributed by atoms with E-state index >= 15 is 0 Å². The third kappa shape index (κ3) is 1.62. The van der Waals surface area contributed by atoms with Gasteiger partial charge in [0.2, 0.25) is 0 Å². The lowest BCUT2D eigenvalue weighted by Gasteiger charge is -2.02. The third-order valence-corrected chi connectivity index (χ3v) is 3.97. The fourth-order valence-electron chi connectivity index (χ4n) is 1.29. The molecule has 0 bridgehead atoms. The minimum Gasteiger partial charge on any atom is -0.225 e. The van der Waals surface area contributed by atoms with Crippen molar-refractivity contribution in [1.82, 2.24) is 9.97 Å². The zero-order valence-electron chi connectivity index (χ0n) is 8.12. The van der Waals surface area contributed by atoms with Gasteiger partial charge in [0.1, 0.15) is 16.3 Å². The van der Waals surface area contributed by atoms with Gasteiger partial charge in [-0.2, -0.15) is 0 Å². The van der Waals surface area contributed by atoms with E-state index in [4.69, 9.17) is 11.6 Å². The van der Waals surface area contributed by atoms with E-state index in [1.807, 2.05) is 0 Å². The zero-order valence-corrected chi connectivity index (χ0v) is 9.69. The summed E-state index contributed by atoms with van der Waals surface area (Å²) in [4.78, 5) is 10.5. The average molecular weight is 227 g/mol. The molecule has 0 amide bonds. The van der Waals surface area contributed by atoms with Gasteiger partial charge in [-0.25, -0.2) is 9.97 Å². The van der Waals surface area contributed by atoms with Crippen LogP contribution >= 0.6 is 22.9 Å². The van der Waals surface area contributed by atoms with Gasteiger partial charge in [0.25, 0.3) is 0 Å². The van der Waals surface area contributed by atoms with Crippen molar-refractivity contribution in [3.63, 3.8) is 0 Å². The Hall–Kier alpha value is -0.670. The molecule has 0 fully saturated rings. The number of hydrogen-bond acceptors (Lipinski definition) is 3. The summed E-state index contributed by atoms with van der Waals surface area (Å²) in [6, 6.07) is 2.11. The van der Waals surface area contributed by atoms with Crippen molar-refractivity contribution in [3.8, 4) is 0 Å². The molecule has 4 heteroatoms. The monoisotopic (exact) mass is 226 g/mol. The van der Waals surface area contributed by atoms with E-state index in [-0.39, 0.29) is 0 Å². The molecule has 2 aromatic rings. The third-order valence-electron chi connectivity index (χ3n) is 2.40. The van der Waals surface area contributed by atoms with Crippen molar-refractivity contribution < 1.29 is 0 Å². The summed E-state index contributed by atoms with van der Waals surface area (Å²) in [6.07, 6.45) is 2.65. The van der Waals surface area contributed by atoms with Crippen molar-refractivity contribution in [2.24, 2.45) is 0 Å². The van der Waals surface area contributed by atoms with E-state index in [1.54, 1.807) is 11.3 Å². The summed E-state index contributed by atoms with van der Waals surface area (Å²) >= 11 is 7.68. The maximum absolute atomic E-state index is 5.97. The van der Waals surface area contributed by atoms with Crippen LogP contribution in [-0.4, -0.2) is 9.97 Å². The number of hydrogen-bond donors (Lipinski definition) is 0. The van der Waals surface area contributed by atoms with E-state index in [1.165, 1.54) is 11.2 Å². The Morgan fingerprint density at radius 3 is 2.93 bits per heavy atom. The van der Waals surface area contributed by atoms with Crippen molar-refractivity contribution in [1.29, 1.82) is 0 Å². The number of halogens is 1. The highest BCUT2D eigenvalue weighted by atomic mass is 35.5. The topological polar surface area (TPSA) is 25.8 Å². The van der Waals surface area contributed by atoms with Gasteiger partial charge < -0.3 is 0 Å². The SMILES string of the molecule is CCC(C)c1cc2c(Cl)ncnc2s1. The molecule has 0 saturated carbocycles. The first-order valence-corrected chi connectivity index (χ1v) is 5.81. The Morgan fingerprint density at radius 2 is 2.29 bits per heavy atom. The lowest BCUT2D eigenvalue weighted by atomic mass is 10.1. The first-order valence-electron chi connectivity index (χ1n) is 4.62. The summed E-state index contributed by atoms with van der Waals surface area (Å²) in [5.74, 6) is 0.574. The normalized spacial score (nSPS) is 13.4. The van der Waals surface area contributed by atoms with Crippen LogP contribution in [0.15, 0.2) is 12.4 Å². The smallest absolute Gasteiger partial charge is 0.141 e. The van der Waals surface area contributed by atoms with E-state index in [0.717, 1.165) is 16.6 Å². The van der Waals surface area contributed by atoms with Gasteiger partial charge in [-0.1, -0.05) is 25.4 Å². The summed E-state index contributed by atoms with van der Waals surface area (Å²) in [5, 5.41) is 1.54. The van der Waals surface area contributed by atoms with Crippen LogP contribution in [0.2, 0.25) is 5.15 Å². The number of nitrogens with zero attached hydrogens (tertiary/aromatic N) is 2. The van der Waals surface area contributed by atoms with Gasteiger partial charge in [-0.3, -0.25) is 0 Å². The molecule has 0 aliphatic rings. The van der Waals surface area contributed by atoms with Gasteiger partial charge in [-0.05, 0) is 18.4 Å². The largest absolute Gasteiger partial charge is 0.225 e. The molecule has 14 heavy (non-hydrogen) atoms. The fraction of sp³-hybridized carbons (Fsp3) is 0.400. The molecule has 0 radical (unpaired) electrons. The first kappa shape index (κ1) is 9.87. The van der Waals surface area contributed by atoms with Gasteiger partial charge >= 0.3 is 0 Å². The molecule has 0 spiro atoms. The Bertz CT molecular complexity index is 452. The van der Waals surface area contributed by atoms with Crippen LogP contribution in [0.1, 0.15) is 31.1 Å². The molecule has 0 aromatic carbocycles. The summed E-state index contributed by atoms with van der Waals surface area (Å²) in [7, 11) is 0. The highest BCUT2D eigenvalue weighted by molar-refractivity contribution is 7.18. The van der Waals surface area contributed by atoms with Crippen LogP contribution < -0.4 is 0 Å². The lowest BCUT2D eigenvalue weighted by Crippen LogP contribution is -1.84.